The van der Waals surface area contributed by atoms with Crippen molar-refractivity contribution >= 4 is 29.3 Å². The van der Waals surface area contributed by atoms with Crippen LogP contribution in [0, 0.1) is 5.92 Å². The molecule has 30 heavy (non-hydrogen) atoms. The van der Waals surface area contributed by atoms with Gasteiger partial charge in [0.15, 0.2) is 5.82 Å². The first-order chi connectivity index (χ1) is 14.1. The fourth-order valence-corrected chi connectivity index (χ4v) is 2.63. The molecule has 0 aliphatic heterocycles. The number of nitrogens with two attached hydrogens (primary N) is 2. The van der Waals surface area contributed by atoms with Crippen LogP contribution in [0.15, 0.2) is 29.1 Å². The molecule has 2 rings (SSSR count). The summed E-state index contributed by atoms with van der Waals surface area (Å²) >= 11 is 0. The van der Waals surface area contributed by atoms with E-state index in [-0.39, 0.29) is 29.1 Å². The number of H-pyrrole nitrogens is 1. The minimum absolute atomic E-state index is 0.113. The van der Waals surface area contributed by atoms with E-state index in [0.717, 1.165) is 0 Å². The van der Waals surface area contributed by atoms with Gasteiger partial charge in [0.2, 0.25) is 11.9 Å². The van der Waals surface area contributed by atoms with E-state index < -0.39 is 35.6 Å². The van der Waals surface area contributed by atoms with Gasteiger partial charge in [0.1, 0.15) is 17.4 Å². The van der Waals surface area contributed by atoms with Crippen molar-refractivity contribution in [1.29, 1.82) is 0 Å². The number of amides is 2. The number of primary amides is 2. The van der Waals surface area contributed by atoms with Crippen LogP contribution in [0.25, 0.3) is 0 Å². The Balaban J connectivity index is 2.41. The van der Waals surface area contributed by atoms with E-state index in [9.17, 15) is 23.2 Å². The molecule has 1 aromatic heterocycles. The fourth-order valence-electron chi connectivity index (χ4n) is 2.63. The highest BCUT2D eigenvalue weighted by Crippen LogP contribution is 2.23. The van der Waals surface area contributed by atoms with E-state index in [1.807, 2.05) is 13.8 Å². The predicted octanol–water partition coefficient (Wildman–Crippen LogP) is 1.53. The Labute approximate surface area is 170 Å². The van der Waals surface area contributed by atoms with Crippen molar-refractivity contribution in [3.8, 4) is 5.75 Å². The summed E-state index contributed by atoms with van der Waals surface area (Å²) in [5.74, 6) is -2.12. The van der Waals surface area contributed by atoms with Gasteiger partial charge in [-0.2, -0.15) is 13.8 Å². The van der Waals surface area contributed by atoms with E-state index in [2.05, 4.69) is 25.3 Å². The van der Waals surface area contributed by atoms with Gasteiger partial charge in [0, 0.05) is 11.8 Å². The van der Waals surface area contributed by atoms with Gasteiger partial charge in [0.05, 0.1) is 0 Å². The van der Waals surface area contributed by atoms with Crippen molar-refractivity contribution in [3.63, 3.8) is 0 Å². The van der Waals surface area contributed by atoms with Crippen molar-refractivity contribution < 1.29 is 23.1 Å². The van der Waals surface area contributed by atoms with Crippen LogP contribution in [-0.2, 0) is 4.79 Å². The molecule has 1 heterocycles. The van der Waals surface area contributed by atoms with Gasteiger partial charge >= 0.3 is 6.61 Å². The summed E-state index contributed by atoms with van der Waals surface area (Å²) in [6.45, 7) is 0.734. The largest absolute Gasteiger partial charge is 0.435 e. The van der Waals surface area contributed by atoms with E-state index in [1.54, 1.807) is 0 Å². The molecule has 1 atom stereocenters. The number of alkyl halides is 2. The Morgan fingerprint density at radius 3 is 2.53 bits per heavy atom. The number of hydrogen-bond acceptors (Lipinski definition) is 7. The predicted molar refractivity (Wildman–Crippen MR) is 106 cm³/mol. The monoisotopic (exact) mass is 424 g/mol. The lowest BCUT2D eigenvalue weighted by atomic mass is 10.0. The third-order valence-corrected chi connectivity index (χ3v) is 3.85. The van der Waals surface area contributed by atoms with Gasteiger partial charge in [-0.1, -0.05) is 19.9 Å². The molecule has 10 nitrogen and oxygen atoms in total. The number of hydrogen-bond donors (Lipinski definition) is 5. The second-order valence-electron chi connectivity index (χ2n) is 6.76. The number of carbonyl (C=O) groups excluding carboxylic acids is 2. The maximum Gasteiger partial charge on any atom is 0.387 e. The maximum atomic E-state index is 12.4. The highest BCUT2D eigenvalue weighted by atomic mass is 19.3. The Morgan fingerprint density at radius 1 is 1.27 bits per heavy atom. The quantitative estimate of drug-likeness (QED) is 0.386. The van der Waals surface area contributed by atoms with Crippen molar-refractivity contribution in [2.24, 2.45) is 17.4 Å². The number of nitrogens with one attached hydrogen (secondary N) is 3. The molecule has 0 fully saturated rings. The molecule has 0 saturated carbocycles. The summed E-state index contributed by atoms with van der Waals surface area (Å²) < 4.78 is 29.2. The number of ether oxygens (including phenoxy) is 1. The van der Waals surface area contributed by atoms with Gasteiger partial charge in [-0.05, 0) is 24.5 Å². The highest BCUT2D eigenvalue weighted by molar-refractivity contribution is 5.98. The van der Waals surface area contributed by atoms with Crippen LogP contribution in [0.2, 0.25) is 0 Å². The smallest absolute Gasteiger partial charge is 0.387 e. The molecule has 0 spiro atoms. The summed E-state index contributed by atoms with van der Waals surface area (Å²) in [6.07, 6.45) is 0.367. The maximum absolute atomic E-state index is 12.4. The zero-order valence-corrected chi connectivity index (χ0v) is 16.2. The minimum Gasteiger partial charge on any atom is -0.435 e. The lowest BCUT2D eigenvalue weighted by Gasteiger charge is -2.18. The molecule has 0 bridgehead atoms. The zero-order chi connectivity index (χ0) is 22.4. The summed E-state index contributed by atoms with van der Waals surface area (Å²) in [5.41, 5.74) is 9.50. The third-order valence-electron chi connectivity index (χ3n) is 3.85. The molecule has 0 radical (unpaired) electrons. The fraction of sp³-hybridized carbons (Fsp3) is 0.333. The molecule has 0 aliphatic carbocycles. The third kappa shape index (κ3) is 6.15. The van der Waals surface area contributed by atoms with Gasteiger partial charge < -0.3 is 26.8 Å². The van der Waals surface area contributed by atoms with Crippen LogP contribution in [-0.4, -0.2) is 34.4 Å². The van der Waals surface area contributed by atoms with E-state index in [0.29, 0.717) is 6.42 Å². The standard InChI is InChI=1S/C18H22F2N6O4/c1-8(2)6-11(13(21)27)24-18-25-15(12(14(22)28)16(29)26-18)23-9-4-3-5-10(7-9)30-17(19)20/h3-5,7-8,11,17H,6H2,1-2H3,(H2,21,27)(H2,22,28)(H3,23,24,25,26,29)/t11-/m1/s1. The lowest BCUT2D eigenvalue weighted by molar-refractivity contribution is -0.119. The first-order valence-electron chi connectivity index (χ1n) is 8.88. The summed E-state index contributed by atoms with van der Waals surface area (Å²) in [7, 11) is 0. The zero-order valence-electron chi connectivity index (χ0n) is 16.2. The summed E-state index contributed by atoms with van der Waals surface area (Å²) in [5, 5.41) is 5.40. The van der Waals surface area contributed by atoms with Crippen molar-refractivity contribution in [2.75, 3.05) is 10.6 Å². The Bertz CT molecular complexity index is 979. The minimum atomic E-state index is -3.03. The Kier molecular flexibility index (Phi) is 7.28. The van der Waals surface area contributed by atoms with E-state index >= 15 is 0 Å². The first-order valence-corrected chi connectivity index (χ1v) is 8.88. The van der Waals surface area contributed by atoms with Gasteiger partial charge in [-0.3, -0.25) is 19.4 Å². The van der Waals surface area contributed by atoms with Gasteiger partial charge in [-0.25, -0.2) is 0 Å². The molecule has 12 heteroatoms. The summed E-state index contributed by atoms with van der Waals surface area (Å²) in [4.78, 5) is 42.2. The molecule has 2 aromatic rings. The average molecular weight is 424 g/mol. The molecule has 0 aliphatic rings. The Morgan fingerprint density at radius 2 is 1.97 bits per heavy atom. The van der Waals surface area contributed by atoms with Crippen LogP contribution < -0.4 is 32.4 Å². The summed E-state index contributed by atoms with van der Waals surface area (Å²) in [6, 6.07) is 4.58. The van der Waals surface area contributed by atoms with E-state index in [1.165, 1.54) is 24.3 Å². The van der Waals surface area contributed by atoms with Crippen molar-refractivity contribution in [2.45, 2.75) is 32.9 Å². The van der Waals surface area contributed by atoms with Crippen LogP contribution >= 0.6 is 0 Å². The first kappa shape index (κ1) is 22.6. The molecular weight excluding hydrogens is 402 g/mol. The number of carbonyl (C=O) groups is 2. The second-order valence-corrected chi connectivity index (χ2v) is 6.76. The molecule has 0 unspecified atom stereocenters. The molecular formula is C18H22F2N6O4. The number of nitrogens with zero attached hydrogens (tertiary/aromatic N) is 1. The Hall–Kier alpha value is -3.70. The molecule has 162 valence electrons. The molecule has 1 aromatic carbocycles. The van der Waals surface area contributed by atoms with Crippen LogP contribution in [0.5, 0.6) is 5.75 Å². The SMILES string of the molecule is CC(C)C[C@@H](Nc1nc(Nc2cccc(OC(F)F)c2)c(C(N)=O)c(=O)[nH]1)C(N)=O. The van der Waals surface area contributed by atoms with Crippen LogP contribution in [0.4, 0.5) is 26.2 Å². The molecule has 7 N–H and O–H groups in total. The molecule has 0 saturated heterocycles. The van der Waals surface area contributed by atoms with Gasteiger partial charge in [0.25, 0.3) is 11.5 Å². The number of halogens is 2. The van der Waals surface area contributed by atoms with Gasteiger partial charge in [-0.15, -0.1) is 0 Å². The number of anilines is 3. The number of aromatic nitrogens is 2. The second kappa shape index (κ2) is 9.67. The van der Waals surface area contributed by atoms with E-state index in [4.69, 9.17) is 11.5 Å². The van der Waals surface area contributed by atoms with Crippen LogP contribution in [0.3, 0.4) is 0 Å². The van der Waals surface area contributed by atoms with Crippen LogP contribution in [0.1, 0.15) is 30.6 Å². The number of aromatic amines is 1. The number of benzene rings is 1. The number of rotatable bonds is 10. The van der Waals surface area contributed by atoms with Crippen molar-refractivity contribution in [1.82, 2.24) is 9.97 Å². The average Bonchev–Trinajstić information content (AvgIpc) is 2.59. The molecule has 2 amide bonds. The van der Waals surface area contributed by atoms with Crippen molar-refractivity contribution in [3.05, 3.63) is 40.2 Å². The normalized spacial score (nSPS) is 11.9. The lowest BCUT2D eigenvalue weighted by Crippen LogP contribution is -2.38. The highest BCUT2D eigenvalue weighted by Gasteiger charge is 2.21. The topological polar surface area (TPSA) is 165 Å².